The maximum Gasteiger partial charge on any atom is 0.320 e. The molecule has 1 amide bonds. The number of rotatable bonds is 17. The second-order valence-electron chi connectivity index (χ2n) is 12.8. The van der Waals surface area contributed by atoms with Gasteiger partial charge < -0.3 is 29.8 Å². The summed E-state index contributed by atoms with van der Waals surface area (Å²) in [5.41, 5.74) is 7.03. The lowest BCUT2D eigenvalue weighted by atomic mass is 9.91. The first kappa shape index (κ1) is 37.3. The average molecular weight is 673 g/mol. The van der Waals surface area contributed by atoms with Crippen LogP contribution in [0.4, 0.5) is 11.4 Å². The summed E-state index contributed by atoms with van der Waals surface area (Å²) in [6, 6.07) is 16.3. The van der Waals surface area contributed by atoms with Gasteiger partial charge in [0.15, 0.2) is 0 Å². The van der Waals surface area contributed by atoms with Crippen LogP contribution < -0.4 is 30.2 Å². The summed E-state index contributed by atoms with van der Waals surface area (Å²) in [7, 11) is 9.49. The van der Waals surface area contributed by atoms with Crippen molar-refractivity contribution in [2.45, 2.75) is 58.9 Å². The van der Waals surface area contributed by atoms with Crippen molar-refractivity contribution in [2.75, 3.05) is 71.7 Å². The predicted octanol–water partition coefficient (Wildman–Crippen LogP) is 5.89. The maximum atomic E-state index is 12.6. The molecular formula is C39H54N5O5+. The Morgan fingerprint density at radius 2 is 1.78 bits per heavy atom. The second kappa shape index (κ2) is 17.2. The SMILES string of the molecule is CCN(CCCC(=O)NCCCCC(C(=O)O)N(C)CC)c1cc(OC)c(-c2c3ccc(=[N+](C)C)cc-3oc3cc(NC)ccc23)cc1C. The molecule has 10 heteroatoms. The van der Waals surface area contributed by atoms with E-state index in [0.29, 0.717) is 32.4 Å². The number of hydrogen-bond acceptors (Lipinski definition) is 7. The molecule has 0 bridgehead atoms. The molecule has 0 radical (unpaired) electrons. The van der Waals surface area contributed by atoms with Crippen LogP contribution in [0, 0.1) is 6.92 Å². The number of hydrogen-bond donors (Lipinski definition) is 3. The van der Waals surface area contributed by atoms with Crippen molar-refractivity contribution in [3.63, 3.8) is 0 Å². The Balaban J connectivity index is 1.51. The van der Waals surface area contributed by atoms with Crippen molar-refractivity contribution in [3.05, 3.63) is 59.5 Å². The molecule has 1 aliphatic heterocycles. The van der Waals surface area contributed by atoms with E-state index in [9.17, 15) is 14.7 Å². The Labute approximate surface area is 290 Å². The van der Waals surface area contributed by atoms with Gasteiger partial charge in [0.05, 0.1) is 13.2 Å². The van der Waals surface area contributed by atoms with E-state index in [0.717, 1.165) is 87.4 Å². The molecular weight excluding hydrogens is 618 g/mol. The fraction of sp³-hybridized carbons (Fsp3) is 0.462. The third-order valence-corrected chi connectivity index (χ3v) is 9.39. The number of likely N-dealkylation sites (N-methyl/N-ethyl adjacent to an activating group) is 1. The Morgan fingerprint density at radius 3 is 2.43 bits per heavy atom. The third kappa shape index (κ3) is 8.92. The van der Waals surface area contributed by atoms with Gasteiger partial charge in [-0.05, 0) is 83.0 Å². The van der Waals surface area contributed by atoms with E-state index in [4.69, 9.17) is 9.15 Å². The number of ether oxygens (including phenoxy) is 1. The number of methoxy groups -OCH3 is 1. The van der Waals surface area contributed by atoms with Gasteiger partial charge in [0.1, 0.15) is 37.2 Å². The average Bonchev–Trinajstić information content (AvgIpc) is 3.09. The van der Waals surface area contributed by atoms with Gasteiger partial charge in [0.25, 0.3) is 0 Å². The standard InChI is InChI=1S/C39H53N5O5/c1-9-43(7)32(39(46)47)14-11-12-20-41-37(45)15-13-21-44(10-2)33-25-34(48-8)31(22-26(33)3)38-29-18-16-27(40-4)23-35(29)49-36-24-28(42(5)6)17-19-30(36)38/h16-19,22-25,32H,9-15,20-21H2,1-8H3,(H2,41,45,46,47)/p+1. The van der Waals surface area contributed by atoms with E-state index >= 15 is 0 Å². The number of fused-ring (bicyclic) bond motifs is 2. The van der Waals surface area contributed by atoms with Crippen LogP contribution in [-0.2, 0) is 9.59 Å². The number of carbonyl (C=O) groups excluding carboxylic acids is 1. The smallest absolute Gasteiger partial charge is 0.320 e. The summed E-state index contributed by atoms with van der Waals surface area (Å²) in [5, 5.41) is 17.8. The van der Waals surface area contributed by atoms with Crippen molar-refractivity contribution in [1.29, 1.82) is 0 Å². The van der Waals surface area contributed by atoms with Crippen molar-refractivity contribution >= 4 is 34.2 Å². The van der Waals surface area contributed by atoms with Gasteiger partial charge in [-0.25, -0.2) is 4.58 Å². The molecule has 0 fully saturated rings. The molecule has 0 saturated carbocycles. The number of aryl methyl sites for hydroxylation is 1. The summed E-state index contributed by atoms with van der Waals surface area (Å²) in [6.07, 6.45) is 3.22. The molecule has 2 aromatic rings. The van der Waals surface area contributed by atoms with Crippen LogP contribution in [0.1, 0.15) is 51.5 Å². The number of carboxylic acid groups (broad SMARTS) is 1. The van der Waals surface area contributed by atoms with E-state index in [1.54, 1.807) is 7.11 Å². The van der Waals surface area contributed by atoms with Crippen molar-refractivity contribution in [2.24, 2.45) is 0 Å². The highest BCUT2D eigenvalue weighted by atomic mass is 16.5. The minimum atomic E-state index is -0.795. The molecule has 49 heavy (non-hydrogen) atoms. The summed E-state index contributed by atoms with van der Waals surface area (Å²) < 4.78 is 14.6. The van der Waals surface area contributed by atoms with Crippen LogP contribution in [0.2, 0.25) is 0 Å². The molecule has 1 heterocycles. The van der Waals surface area contributed by atoms with Crippen LogP contribution in [0.25, 0.3) is 33.4 Å². The minimum absolute atomic E-state index is 0.0215. The molecule has 1 unspecified atom stereocenters. The van der Waals surface area contributed by atoms with E-state index in [2.05, 4.69) is 76.4 Å². The molecule has 4 rings (SSSR count). The number of carbonyl (C=O) groups is 2. The number of benzene rings is 3. The molecule has 2 aromatic carbocycles. The highest BCUT2D eigenvalue weighted by Gasteiger charge is 2.23. The zero-order valence-electron chi connectivity index (χ0n) is 30.5. The summed E-state index contributed by atoms with van der Waals surface area (Å²) in [5.74, 6) is 0.799. The Morgan fingerprint density at radius 1 is 1.00 bits per heavy atom. The second-order valence-corrected chi connectivity index (χ2v) is 12.8. The van der Waals surface area contributed by atoms with Crippen molar-refractivity contribution in [1.82, 2.24) is 14.8 Å². The zero-order valence-corrected chi connectivity index (χ0v) is 30.5. The van der Waals surface area contributed by atoms with Gasteiger partial charge in [-0.2, -0.15) is 0 Å². The number of nitrogens with one attached hydrogen (secondary N) is 2. The minimum Gasteiger partial charge on any atom is -0.496 e. The van der Waals surface area contributed by atoms with Crippen LogP contribution >= 0.6 is 0 Å². The van der Waals surface area contributed by atoms with Gasteiger partial charge in [-0.3, -0.25) is 14.5 Å². The molecule has 0 saturated heterocycles. The Hall–Kier alpha value is -4.57. The predicted molar refractivity (Wildman–Crippen MR) is 200 cm³/mol. The highest BCUT2D eigenvalue weighted by Crippen LogP contribution is 2.45. The van der Waals surface area contributed by atoms with E-state index in [1.807, 2.05) is 46.1 Å². The first-order chi connectivity index (χ1) is 23.5. The molecule has 1 atom stereocenters. The molecule has 0 spiro atoms. The highest BCUT2D eigenvalue weighted by molar-refractivity contribution is 6.04. The number of aliphatic carboxylic acids is 1. The monoisotopic (exact) mass is 672 g/mol. The number of carboxylic acids is 1. The lowest BCUT2D eigenvalue weighted by Gasteiger charge is -2.27. The van der Waals surface area contributed by atoms with Crippen molar-refractivity contribution < 1.29 is 23.8 Å². The number of unbranched alkanes of at least 4 members (excludes halogenated alkanes) is 1. The van der Waals surface area contributed by atoms with Gasteiger partial charge >= 0.3 is 5.97 Å². The van der Waals surface area contributed by atoms with Gasteiger partial charge in [-0.15, -0.1) is 0 Å². The Kier molecular flexibility index (Phi) is 13.1. The first-order valence-electron chi connectivity index (χ1n) is 17.3. The molecule has 3 N–H and O–H groups in total. The van der Waals surface area contributed by atoms with Gasteiger partial charge in [-0.1, -0.05) is 6.92 Å². The van der Waals surface area contributed by atoms with Crippen LogP contribution in [-0.4, -0.2) is 89.4 Å². The lowest BCUT2D eigenvalue weighted by Crippen LogP contribution is -2.38. The number of amides is 1. The molecule has 264 valence electrons. The topological polar surface area (TPSA) is 110 Å². The van der Waals surface area contributed by atoms with Crippen LogP contribution in [0.3, 0.4) is 0 Å². The van der Waals surface area contributed by atoms with Gasteiger partial charge in [0, 0.05) is 84.8 Å². The van der Waals surface area contributed by atoms with E-state index in [-0.39, 0.29) is 5.91 Å². The van der Waals surface area contributed by atoms with Crippen LogP contribution in [0.15, 0.2) is 52.9 Å². The first-order valence-corrected chi connectivity index (χ1v) is 17.3. The van der Waals surface area contributed by atoms with E-state index in [1.165, 1.54) is 0 Å². The zero-order chi connectivity index (χ0) is 35.7. The fourth-order valence-electron chi connectivity index (χ4n) is 6.40. The quantitative estimate of drug-likeness (QED) is 0.0724. The van der Waals surface area contributed by atoms with Crippen molar-refractivity contribution in [3.8, 4) is 28.2 Å². The molecule has 1 aliphatic carbocycles. The maximum absolute atomic E-state index is 12.6. The fourth-order valence-corrected chi connectivity index (χ4v) is 6.40. The third-order valence-electron chi connectivity index (χ3n) is 9.39. The lowest BCUT2D eigenvalue weighted by molar-refractivity contribution is -0.143. The number of anilines is 2. The van der Waals surface area contributed by atoms with Crippen LogP contribution in [0.5, 0.6) is 5.75 Å². The summed E-state index contributed by atoms with van der Waals surface area (Å²) in [4.78, 5) is 28.3. The molecule has 2 aliphatic rings. The molecule has 10 nitrogen and oxygen atoms in total. The van der Waals surface area contributed by atoms with Gasteiger partial charge in [0.2, 0.25) is 11.3 Å². The van der Waals surface area contributed by atoms with E-state index < -0.39 is 12.0 Å². The largest absolute Gasteiger partial charge is 0.496 e. The molecule has 0 aromatic heterocycles. The normalized spacial score (nSPS) is 11.9. The Bertz CT molecular complexity index is 1790. The number of nitrogens with zero attached hydrogens (tertiary/aromatic N) is 3. The summed E-state index contributed by atoms with van der Waals surface area (Å²) in [6.45, 7) is 8.97. The summed E-state index contributed by atoms with van der Waals surface area (Å²) >= 11 is 0.